The Morgan fingerprint density at radius 3 is 2.59 bits per heavy atom. The van der Waals surface area contributed by atoms with Crippen LogP contribution in [0.4, 0.5) is 5.69 Å². The number of aryl methyl sites for hydroxylation is 1. The first-order valence-corrected chi connectivity index (χ1v) is 9.88. The minimum atomic E-state index is -0.586. The molecule has 8 heteroatoms. The number of thioether (sulfide) groups is 1. The van der Waals surface area contributed by atoms with E-state index in [9.17, 15) is 14.4 Å². The predicted octanol–water partition coefficient (Wildman–Crippen LogP) is 2.91. The van der Waals surface area contributed by atoms with Gasteiger partial charge in [0.15, 0.2) is 6.61 Å². The van der Waals surface area contributed by atoms with Crippen LogP contribution >= 0.6 is 11.8 Å². The molecule has 0 aromatic heterocycles. The van der Waals surface area contributed by atoms with Crippen LogP contribution in [0.15, 0.2) is 53.4 Å². The summed E-state index contributed by atoms with van der Waals surface area (Å²) in [6.45, 7) is 1.52. The van der Waals surface area contributed by atoms with Crippen molar-refractivity contribution in [3.63, 3.8) is 0 Å². The van der Waals surface area contributed by atoms with Gasteiger partial charge in [0.2, 0.25) is 0 Å². The molecule has 0 aliphatic heterocycles. The van der Waals surface area contributed by atoms with Crippen molar-refractivity contribution in [2.24, 2.45) is 0 Å². The van der Waals surface area contributed by atoms with E-state index in [-0.39, 0.29) is 24.6 Å². The molecule has 2 rings (SSSR count). The molecule has 2 aromatic carbocycles. The molecule has 0 radical (unpaired) electrons. The van der Waals surface area contributed by atoms with Crippen LogP contribution in [-0.4, -0.2) is 36.7 Å². The fraction of sp³-hybridized carbons (Fsp3) is 0.238. The summed E-state index contributed by atoms with van der Waals surface area (Å²) >= 11 is 1.30. The highest BCUT2D eigenvalue weighted by molar-refractivity contribution is 7.99. The number of anilines is 1. The number of hydrogen-bond donors (Lipinski definition) is 2. The van der Waals surface area contributed by atoms with Gasteiger partial charge in [0.25, 0.3) is 11.8 Å². The van der Waals surface area contributed by atoms with Crippen LogP contribution in [0.5, 0.6) is 0 Å². The van der Waals surface area contributed by atoms with Crippen LogP contribution in [0.2, 0.25) is 0 Å². The molecule has 2 N–H and O–H groups in total. The molecule has 0 saturated heterocycles. The third-order valence-electron chi connectivity index (χ3n) is 3.82. The van der Waals surface area contributed by atoms with E-state index in [4.69, 9.17) is 10.00 Å². The number of rotatable bonds is 9. The first-order chi connectivity index (χ1) is 14.0. The zero-order valence-corrected chi connectivity index (χ0v) is 16.8. The maximum Gasteiger partial charge on any atom is 0.308 e. The SMILES string of the molecule is Cc1ccccc1C(=O)NCCC(=O)OCC(=O)Nc1ccccc1SCC#N. The molecule has 0 atom stereocenters. The van der Waals surface area contributed by atoms with Crippen LogP contribution < -0.4 is 10.6 Å². The first kappa shape index (κ1) is 22.0. The van der Waals surface area contributed by atoms with Crippen molar-refractivity contribution in [2.45, 2.75) is 18.2 Å². The molecular weight excluding hydrogens is 390 g/mol. The lowest BCUT2D eigenvalue weighted by Gasteiger charge is -2.10. The normalized spacial score (nSPS) is 9.93. The number of nitrogens with one attached hydrogen (secondary N) is 2. The number of para-hydroxylation sites is 1. The van der Waals surface area contributed by atoms with Crippen LogP contribution in [0.3, 0.4) is 0 Å². The number of benzene rings is 2. The van der Waals surface area contributed by atoms with E-state index in [0.29, 0.717) is 11.3 Å². The Kier molecular flexibility index (Phi) is 8.73. The molecule has 7 nitrogen and oxygen atoms in total. The standard InChI is InChI=1S/C21H21N3O4S/c1-15-6-2-3-7-16(15)21(27)23-12-10-20(26)28-14-19(25)24-17-8-4-5-9-18(17)29-13-11-22/h2-9H,10,12-14H2,1H3,(H,23,27)(H,24,25). The summed E-state index contributed by atoms with van der Waals surface area (Å²) in [7, 11) is 0. The molecule has 0 aliphatic carbocycles. The second-order valence-electron chi connectivity index (χ2n) is 5.97. The van der Waals surface area contributed by atoms with Crippen LogP contribution in [0, 0.1) is 18.3 Å². The Morgan fingerprint density at radius 2 is 1.83 bits per heavy atom. The highest BCUT2D eigenvalue weighted by atomic mass is 32.2. The number of esters is 1. The average Bonchev–Trinajstić information content (AvgIpc) is 2.72. The van der Waals surface area contributed by atoms with E-state index in [0.717, 1.165) is 10.5 Å². The second-order valence-corrected chi connectivity index (χ2v) is 6.99. The van der Waals surface area contributed by atoms with E-state index in [1.165, 1.54) is 11.8 Å². The fourth-order valence-electron chi connectivity index (χ4n) is 2.41. The Balaban J connectivity index is 1.73. The Hall–Kier alpha value is -3.31. The molecule has 0 unspecified atom stereocenters. The van der Waals surface area contributed by atoms with E-state index in [2.05, 4.69) is 10.6 Å². The number of ether oxygens (including phenoxy) is 1. The zero-order valence-electron chi connectivity index (χ0n) is 15.9. The average molecular weight is 411 g/mol. The van der Waals surface area contributed by atoms with Gasteiger partial charge >= 0.3 is 5.97 Å². The summed E-state index contributed by atoms with van der Waals surface area (Å²) in [5, 5.41) is 14.0. The van der Waals surface area contributed by atoms with Crippen molar-refractivity contribution in [1.82, 2.24) is 5.32 Å². The number of carbonyl (C=O) groups is 3. The maximum atomic E-state index is 12.1. The Labute approximate surface area is 173 Å². The third kappa shape index (κ3) is 7.31. The lowest BCUT2D eigenvalue weighted by molar-refractivity contribution is -0.147. The number of carbonyl (C=O) groups excluding carboxylic acids is 3. The van der Waals surface area contributed by atoms with Gasteiger partial charge < -0.3 is 15.4 Å². The summed E-state index contributed by atoms with van der Waals surface area (Å²) in [6, 6.07) is 16.2. The molecule has 0 fully saturated rings. The van der Waals surface area contributed by atoms with Crippen LogP contribution in [-0.2, 0) is 14.3 Å². The predicted molar refractivity (Wildman–Crippen MR) is 110 cm³/mol. The molecule has 0 saturated carbocycles. The highest BCUT2D eigenvalue weighted by Crippen LogP contribution is 2.26. The van der Waals surface area contributed by atoms with Gasteiger partial charge in [-0.05, 0) is 30.7 Å². The molecular formula is C21H21N3O4S. The van der Waals surface area contributed by atoms with Crippen molar-refractivity contribution in [3.05, 3.63) is 59.7 Å². The van der Waals surface area contributed by atoms with Gasteiger partial charge in [-0.2, -0.15) is 5.26 Å². The van der Waals surface area contributed by atoms with Gasteiger partial charge in [-0.25, -0.2) is 0 Å². The van der Waals surface area contributed by atoms with E-state index >= 15 is 0 Å². The molecule has 0 bridgehead atoms. The fourth-order valence-corrected chi connectivity index (χ4v) is 3.08. The zero-order chi connectivity index (χ0) is 21.1. The summed E-state index contributed by atoms with van der Waals surface area (Å²) in [5.74, 6) is -1.07. The number of nitriles is 1. The summed E-state index contributed by atoms with van der Waals surface area (Å²) in [5.41, 5.74) is 1.95. The van der Waals surface area contributed by atoms with Gasteiger partial charge in [-0.15, -0.1) is 11.8 Å². The van der Waals surface area contributed by atoms with Gasteiger partial charge in [0.1, 0.15) is 0 Å². The van der Waals surface area contributed by atoms with Crippen LogP contribution in [0.1, 0.15) is 22.3 Å². The van der Waals surface area contributed by atoms with Crippen LogP contribution in [0.25, 0.3) is 0 Å². The van der Waals surface area contributed by atoms with Crippen molar-refractivity contribution in [3.8, 4) is 6.07 Å². The number of amides is 2. The maximum absolute atomic E-state index is 12.1. The minimum Gasteiger partial charge on any atom is -0.456 e. The summed E-state index contributed by atoms with van der Waals surface area (Å²) in [6.07, 6.45) is -0.0422. The monoisotopic (exact) mass is 411 g/mol. The molecule has 2 aromatic rings. The summed E-state index contributed by atoms with van der Waals surface area (Å²) in [4.78, 5) is 36.6. The Morgan fingerprint density at radius 1 is 1.10 bits per heavy atom. The minimum absolute atomic E-state index is 0.0422. The van der Waals surface area contributed by atoms with Gasteiger partial charge in [0.05, 0.1) is 23.9 Å². The van der Waals surface area contributed by atoms with Crippen molar-refractivity contribution in [1.29, 1.82) is 5.26 Å². The number of nitrogens with zero attached hydrogens (tertiary/aromatic N) is 1. The van der Waals surface area contributed by atoms with Gasteiger partial charge in [-0.3, -0.25) is 14.4 Å². The largest absolute Gasteiger partial charge is 0.456 e. The Bertz CT molecular complexity index is 924. The number of hydrogen-bond acceptors (Lipinski definition) is 6. The van der Waals surface area contributed by atoms with Gasteiger partial charge in [-0.1, -0.05) is 30.3 Å². The first-order valence-electron chi connectivity index (χ1n) is 8.89. The quantitative estimate of drug-likeness (QED) is 0.485. The van der Waals surface area contributed by atoms with E-state index < -0.39 is 18.5 Å². The topological polar surface area (TPSA) is 108 Å². The highest BCUT2D eigenvalue weighted by Gasteiger charge is 2.12. The smallest absolute Gasteiger partial charge is 0.308 e. The summed E-state index contributed by atoms with van der Waals surface area (Å²) < 4.78 is 4.95. The molecule has 0 spiro atoms. The van der Waals surface area contributed by atoms with Crippen molar-refractivity contribution in [2.75, 3.05) is 24.2 Å². The second kappa shape index (κ2) is 11.5. The molecule has 0 aliphatic rings. The van der Waals surface area contributed by atoms with Gasteiger partial charge in [0, 0.05) is 17.0 Å². The van der Waals surface area contributed by atoms with Crippen molar-refractivity contribution < 1.29 is 19.1 Å². The lowest BCUT2D eigenvalue weighted by Crippen LogP contribution is -2.28. The van der Waals surface area contributed by atoms with Crippen molar-refractivity contribution >= 4 is 35.2 Å². The molecule has 0 heterocycles. The van der Waals surface area contributed by atoms with E-state index in [1.54, 1.807) is 36.4 Å². The molecule has 2 amide bonds. The molecule has 29 heavy (non-hydrogen) atoms. The van der Waals surface area contributed by atoms with E-state index in [1.807, 2.05) is 25.1 Å². The molecule has 150 valence electrons. The third-order valence-corrected chi connectivity index (χ3v) is 4.76. The lowest BCUT2D eigenvalue weighted by atomic mass is 10.1.